The van der Waals surface area contributed by atoms with Gasteiger partial charge in [-0.15, -0.1) is 0 Å². The maximum Gasteiger partial charge on any atom is 0.236 e. The van der Waals surface area contributed by atoms with Crippen LogP contribution in [0.4, 0.5) is 0 Å². The zero-order chi connectivity index (χ0) is 16.6. The number of likely N-dealkylation sites (N-methyl/N-ethyl adjacent to an activating group) is 1. The molecule has 9 heteroatoms. The van der Waals surface area contributed by atoms with E-state index in [1.54, 1.807) is 18.9 Å². The molecular formula is C14H22N4O4S. The average molecular weight is 342 g/mol. The zero-order valence-corrected chi connectivity index (χ0v) is 14.3. The van der Waals surface area contributed by atoms with Gasteiger partial charge < -0.3 is 9.42 Å². The maximum absolute atomic E-state index is 12.5. The Balaban J connectivity index is 1.62. The van der Waals surface area contributed by atoms with Gasteiger partial charge in [-0.05, 0) is 25.8 Å². The largest absolute Gasteiger partial charge is 0.341 e. The van der Waals surface area contributed by atoms with E-state index >= 15 is 0 Å². The Bertz CT molecular complexity index is 687. The minimum Gasteiger partial charge on any atom is -0.341 e. The van der Waals surface area contributed by atoms with Gasteiger partial charge in [0, 0.05) is 20.0 Å². The molecule has 2 fully saturated rings. The monoisotopic (exact) mass is 342 g/mol. The molecule has 2 saturated heterocycles. The smallest absolute Gasteiger partial charge is 0.236 e. The molecule has 0 aliphatic carbocycles. The number of amides is 1. The molecule has 0 radical (unpaired) electrons. The second-order valence-electron chi connectivity index (χ2n) is 6.36. The minimum absolute atomic E-state index is 0.00268. The van der Waals surface area contributed by atoms with Gasteiger partial charge in [0.25, 0.3) is 0 Å². The number of carbonyl (C=O) groups is 1. The number of aryl methyl sites for hydroxylation is 1. The van der Waals surface area contributed by atoms with E-state index in [9.17, 15) is 13.2 Å². The van der Waals surface area contributed by atoms with Crippen molar-refractivity contribution in [2.75, 3.05) is 31.6 Å². The first-order valence-corrected chi connectivity index (χ1v) is 9.68. The van der Waals surface area contributed by atoms with Crippen LogP contribution in [0, 0.1) is 6.92 Å². The van der Waals surface area contributed by atoms with Crippen molar-refractivity contribution in [1.82, 2.24) is 19.9 Å². The van der Waals surface area contributed by atoms with E-state index in [0.717, 1.165) is 19.4 Å². The molecule has 0 unspecified atom stereocenters. The molecule has 2 aliphatic heterocycles. The van der Waals surface area contributed by atoms with E-state index in [-0.39, 0.29) is 36.0 Å². The molecular weight excluding hydrogens is 320 g/mol. The minimum atomic E-state index is -2.99. The summed E-state index contributed by atoms with van der Waals surface area (Å²) >= 11 is 0. The van der Waals surface area contributed by atoms with E-state index < -0.39 is 9.84 Å². The number of sulfone groups is 1. The number of carbonyl (C=O) groups excluding carboxylic acids is 1. The van der Waals surface area contributed by atoms with E-state index in [1.807, 2.05) is 4.90 Å². The van der Waals surface area contributed by atoms with Gasteiger partial charge >= 0.3 is 0 Å². The fourth-order valence-corrected chi connectivity index (χ4v) is 5.10. The van der Waals surface area contributed by atoms with Gasteiger partial charge in [-0.3, -0.25) is 9.69 Å². The first-order valence-electron chi connectivity index (χ1n) is 7.86. The molecule has 0 aromatic carbocycles. The van der Waals surface area contributed by atoms with Crippen molar-refractivity contribution in [3.63, 3.8) is 0 Å². The van der Waals surface area contributed by atoms with E-state index in [1.165, 1.54) is 0 Å². The second-order valence-corrected chi connectivity index (χ2v) is 8.59. The lowest BCUT2D eigenvalue weighted by Gasteiger charge is -2.28. The van der Waals surface area contributed by atoms with Crippen LogP contribution in [0.2, 0.25) is 0 Å². The van der Waals surface area contributed by atoms with Gasteiger partial charge in [-0.1, -0.05) is 5.16 Å². The first kappa shape index (κ1) is 16.4. The lowest BCUT2D eigenvalue weighted by Crippen LogP contribution is -2.43. The molecule has 8 nitrogen and oxygen atoms in total. The summed E-state index contributed by atoms with van der Waals surface area (Å²) in [6.07, 6.45) is 2.40. The SMILES string of the molecule is Cc1nc([C@H]2CCCN2CC(=O)N(C)[C@H]2CCS(=O)(=O)C2)no1. The Morgan fingerprint density at radius 1 is 1.43 bits per heavy atom. The predicted molar refractivity (Wildman–Crippen MR) is 82.4 cm³/mol. The summed E-state index contributed by atoms with van der Waals surface area (Å²) in [6.45, 7) is 2.81. The molecule has 0 saturated carbocycles. The van der Waals surface area contributed by atoms with E-state index in [2.05, 4.69) is 10.1 Å². The quantitative estimate of drug-likeness (QED) is 0.769. The molecule has 1 aromatic rings. The van der Waals surface area contributed by atoms with Crippen LogP contribution in [0.25, 0.3) is 0 Å². The Labute approximate surface area is 135 Å². The number of aromatic nitrogens is 2. The van der Waals surface area contributed by atoms with E-state index in [0.29, 0.717) is 18.1 Å². The molecule has 23 heavy (non-hydrogen) atoms. The highest BCUT2D eigenvalue weighted by atomic mass is 32.2. The highest BCUT2D eigenvalue weighted by Gasteiger charge is 2.35. The lowest BCUT2D eigenvalue weighted by atomic mass is 10.2. The van der Waals surface area contributed by atoms with Crippen molar-refractivity contribution in [1.29, 1.82) is 0 Å². The van der Waals surface area contributed by atoms with E-state index in [4.69, 9.17) is 4.52 Å². The van der Waals surface area contributed by atoms with Crippen LogP contribution in [0.5, 0.6) is 0 Å². The van der Waals surface area contributed by atoms with Crippen molar-refractivity contribution >= 4 is 15.7 Å². The van der Waals surface area contributed by atoms with Crippen molar-refractivity contribution < 1.29 is 17.7 Å². The van der Waals surface area contributed by atoms with Crippen molar-refractivity contribution in [2.24, 2.45) is 0 Å². The van der Waals surface area contributed by atoms with Crippen molar-refractivity contribution in [3.8, 4) is 0 Å². The Morgan fingerprint density at radius 3 is 2.83 bits per heavy atom. The molecule has 1 amide bonds. The molecule has 0 spiro atoms. The van der Waals surface area contributed by atoms with Gasteiger partial charge in [0.15, 0.2) is 15.7 Å². The summed E-state index contributed by atoms with van der Waals surface area (Å²) < 4.78 is 28.2. The summed E-state index contributed by atoms with van der Waals surface area (Å²) in [5.74, 6) is 1.33. The molecule has 3 rings (SSSR count). The lowest BCUT2D eigenvalue weighted by molar-refractivity contribution is -0.133. The fraction of sp³-hybridized carbons (Fsp3) is 0.786. The molecule has 128 valence electrons. The normalized spacial score (nSPS) is 27.4. The van der Waals surface area contributed by atoms with Gasteiger partial charge in [0.1, 0.15) is 0 Å². The molecule has 0 bridgehead atoms. The van der Waals surface area contributed by atoms with Gasteiger partial charge in [0.2, 0.25) is 11.8 Å². The topological polar surface area (TPSA) is 96.6 Å². The Kier molecular flexibility index (Phi) is 4.41. The second kappa shape index (κ2) is 6.20. The Morgan fingerprint density at radius 2 is 2.22 bits per heavy atom. The molecule has 1 aromatic heterocycles. The number of nitrogens with zero attached hydrogens (tertiary/aromatic N) is 4. The Hall–Kier alpha value is -1.48. The maximum atomic E-state index is 12.5. The first-order chi connectivity index (χ1) is 10.9. The van der Waals surface area contributed by atoms with Crippen molar-refractivity contribution in [2.45, 2.75) is 38.3 Å². The molecule has 0 N–H and O–H groups in total. The highest BCUT2D eigenvalue weighted by molar-refractivity contribution is 7.91. The molecule has 3 heterocycles. The van der Waals surface area contributed by atoms with Crippen LogP contribution in [0.15, 0.2) is 4.52 Å². The molecule has 2 aliphatic rings. The summed E-state index contributed by atoms with van der Waals surface area (Å²) in [6, 6.07) is -0.210. The standard InChI is InChI=1S/C14H22N4O4S/c1-10-15-14(16-22-10)12-4-3-6-18(12)8-13(19)17(2)11-5-7-23(20,21)9-11/h11-12H,3-9H2,1-2H3/t11-,12+/m0/s1. The van der Waals surface area contributed by atoms with Crippen LogP contribution in [-0.2, 0) is 14.6 Å². The third-order valence-corrected chi connectivity index (χ3v) is 6.44. The fourth-order valence-electron chi connectivity index (χ4n) is 3.33. The number of hydrogen-bond donors (Lipinski definition) is 0. The van der Waals surface area contributed by atoms with Crippen LogP contribution >= 0.6 is 0 Å². The zero-order valence-electron chi connectivity index (χ0n) is 13.4. The summed E-state index contributed by atoms with van der Waals surface area (Å²) in [7, 11) is -1.30. The summed E-state index contributed by atoms with van der Waals surface area (Å²) in [4.78, 5) is 20.4. The summed E-state index contributed by atoms with van der Waals surface area (Å²) in [5, 5.41) is 3.96. The molecule has 2 atom stereocenters. The van der Waals surface area contributed by atoms with Gasteiger partial charge in [-0.25, -0.2) is 8.42 Å². The number of likely N-dealkylation sites (tertiary alicyclic amines) is 1. The van der Waals surface area contributed by atoms with Crippen LogP contribution in [0.1, 0.15) is 37.0 Å². The van der Waals surface area contributed by atoms with Crippen molar-refractivity contribution in [3.05, 3.63) is 11.7 Å². The third-order valence-electron chi connectivity index (χ3n) is 4.69. The third kappa shape index (κ3) is 3.55. The van der Waals surface area contributed by atoms with Gasteiger partial charge in [0.05, 0.1) is 24.1 Å². The highest BCUT2D eigenvalue weighted by Crippen LogP contribution is 2.30. The van der Waals surface area contributed by atoms with Crippen LogP contribution < -0.4 is 0 Å². The number of hydrogen-bond acceptors (Lipinski definition) is 7. The summed E-state index contributed by atoms with van der Waals surface area (Å²) in [5.41, 5.74) is 0. The van der Waals surface area contributed by atoms with Crippen LogP contribution in [-0.4, -0.2) is 72.0 Å². The number of rotatable bonds is 4. The van der Waals surface area contributed by atoms with Crippen LogP contribution in [0.3, 0.4) is 0 Å². The predicted octanol–water partition coefficient (Wildman–Crippen LogP) is 0.160. The average Bonchev–Trinajstić information content (AvgIpc) is 3.18. The van der Waals surface area contributed by atoms with Gasteiger partial charge in [-0.2, -0.15) is 4.98 Å².